The fourth-order valence-electron chi connectivity index (χ4n) is 3.11. The number of H-pyrrole nitrogens is 1. The zero-order valence-corrected chi connectivity index (χ0v) is 16.5. The molecule has 0 atom stereocenters. The molecular formula is C21H16F4N6O. The van der Waals surface area contributed by atoms with Gasteiger partial charge in [-0.25, -0.2) is 9.37 Å². The lowest BCUT2D eigenvalue weighted by Crippen LogP contribution is -2.20. The van der Waals surface area contributed by atoms with Crippen LogP contribution in [0.4, 0.5) is 40.4 Å². The normalized spacial score (nSPS) is 11.4. The quantitative estimate of drug-likeness (QED) is 0.327. The van der Waals surface area contributed by atoms with Crippen LogP contribution in [0.1, 0.15) is 15.9 Å². The third-order valence-corrected chi connectivity index (χ3v) is 4.64. The Morgan fingerprint density at radius 2 is 1.81 bits per heavy atom. The first-order valence-corrected chi connectivity index (χ1v) is 9.30. The minimum Gasteiger partial charge on any atom is -0.355 e. The van der Waals surface area contributed by atoms with E-state index in [1.807, 2.05) is 0 Å². The van der Waals surface area contributed by atoms with Crippen molar-refractivity contribution in [2.24, 2.45) is 0 Å². The maximum atomic E-state index is 13.6. The molecule has 0 aliphatic carbocycles. The standard InChI is InChI=1S/C21H16F4N6O/c1-26-20(32)14-7-12(22)2-4-17(14)30-18-8-19(27-10-15(18)21(23,24)25)29-13-3-5-16-11(6-13)9-28-31-16/h2-10H,1H3,(H,26,32)(H,28,31)(H2,27,29,30). The van der Waals surface area contributed by atoms with Crippen molar-refractivity contribution in [1.82, 2.24) is 20.5 Å². The highest BCUT2D eigenvalue weighted by Crippen LogP contribution is 2.37. The minimum atomic E-state index is -4.71. The number of alkyl halides is 3. The summed E-state index contributed by atoms with van der Waals surface area (Å²) in [7, 11) is 1.34. The smallest absolute Gasteiger partial charge is 0.355 e. The van der Waals surface area contributed by atoms with Crippen LogP contribution in [-0.2, 0) is 6.18 Å². The number of fused-ring (bicyclic) bond motifs is 1. The highest BCUT2D eigenvalue weighted by Gasteiger charge is 2.34. The molecule has 0 unspecified atom stereocenters. The molecule has 0 spiro atoms. The van der Waals surface area contributed by atoms with Gasteiger partial charge in [-0.15, -0.1) is 0 Å². The number of pyridine rings is 1. The van der Waals surface area contributed by atoms with Crippen molar-refractivity contribution < 1.29 is 22.4 Å². The second kappa shape index (κ2) is 8.17. The molecule has 4 rings (SSSR count). The predicted octanol–water partition coefficient (Wildman–Crippen LogP) is 4.96. The Kier molecular flexibility index (Phi) is 5.39. The lowest BCUT2D eigenvalue weighted by atomic mass is 10.1. The van der Waals surface area contributed by atoms with Gasteiger partial charge in [0.25, 0.3) is 5.91 Å². The molecule has 0 radical (unpaired) electrons. The Morgan fingerprint density at radius 1 is 1.00 bits per heavy atom. The largest absolute Gasteiger partial charge is 0.419 e. The van der Waals surface area contributed by atoms with Gasteiger partial charge >= 0.3 is 6.18 Å². The van der Waals surface area contributed by atoms with E-state index in [2.05, 4.69) is 31.1 Å². The number of rotatable bonds is 5. The highest BCUT2D eigenvalue weighted by molar-refractivity contribution is 6.00. The Bertz CT molecular complexity index is 1300. The third kappa shape index (κ3) is 4.31. The van der Waals surface area contributed by atoms with Gasteiger partial charge < -0.3 is 16.0 Å². The lowest BCUT2D eigenvalue weighted by molar-refractivity contribution is -0.137. The second-order valence-corrected chi connectivity index (χ2v) is 6.80. The molecule has 0 saturated heterocycles. The summed E-state index contributed by atoms with van der Waals surface area (Å²) in [6.45, 7) is 0. The van der Waals surface area contributed by atoms with Crippen LogP contribution in [0.3, 0.4) is 0 Å². The number of hydrogen-bond acceptors (Lipinski definition) is 5. The molecule has 2 aromatic heterocycles. The highest BCUT2D eigenvalue weighted by atomic mass is 19.4. The molecule has 32 heavy (non-hydrogen) atoms. The van der Waals surface area contributed by atoms with E-state index < -0.39 is 23.5 Å². The van der Waals surface area contributed by atoms with Crippen molar-refractivity contribution >= 4 is 39.7 Å². The molecule has 0 fully saturated rings. The first-order valence-electron chi connectivity index (χ1n) is 9.30. The van der Waals surface area contributed by atoms with Crippen LogP contribution in [0, 0.1) is 5.82 Å². The van der Waals surface area contributed by atoms with E-state index in [0.717, 1.165) is 23.0 Å². The summed E-state index contributed by atoms with van der Waals surface area (Å²) in [5.74, 6) is -1.22. The van der Waals surface area contributed by atoms with Gasteiger partial charge in [0, 0.05) is 30.4 Å². The average Bonchev–Trinajstić information content (AvgIpc) is 3.21. The average molecular weight is 444 g/mol. The molecular weight excluding hydrogens is 428 g/mol. The summed E-state index contributed by atoms with van der Waals surface area (Å²) in [5, 5.41) is 15.4. The maximum Gasteiger partial charge on any atom is 0.419 e. The van der Waals surface area contributed by atoms with Gasteiger partial charge in [-0.1, -0.05) is 0 Å². The Balaban J connectivity index is 1.72. The van der Waals surface area contributed by atoms with Crippen molar-refractivity contribution in [1.29, 1.82) is 0 Å². The van der Waals surface area contributed by atoms with Gasteiger partial charge in [0.2, 0.25) is 0 Å². The second-order valence-electron chi connectivity index (χ2n) is 6.80. The molecule has 0 saturated carbocycles. The number of amides is 1. The molecule has 4 N–H and O–H groups in total. The monoisotopic (exact) mass is 444 g/mol. The van der Waals surface area contributed by atoms with Crippen LogP contribution < -0.4 is 16.0 Å². The molecule has 1 amide bonds. The molecule has 0 aliphatic heterocycles. The molecule has 7 nitrogen and oxygen atoms in total. The van der Waals surface area contributed by atoms with Gasteiger partial charge in [0.15, 0.2) is 0 Å². The number of benzene rings is 2. The number of aromatic nitrogens is 3. The molecule has 164 valence electrons. The predicted molar refractivity (Wildman–Crippen MR) is 112 cm³/mol. The van der Waals surface area contributed by atoms with Crippen LogP contribution in [0.25, 0.3) is 10.9 Å². The number of hydrogen-bond donors (Lipinski definition) is 4. The summed E-state index contributed by atoms with van der Waals surface area (Å²) in [4.78, 5) is 15.9. The summed E-state index contributed by atoms with van der Waals surface area (Å²) in [6, 6.07) is 9.59. The summed E-state index contributed by atoms with van der Waals surface area (Å²) in [6.07, 6.45) is -2.41. The topological polar surface area (TPSA) is 94.7 Å². The number of halogens is 4. The van der Waals surface area contributed by atoms with Crippen molar-refractivity contribution in [2.45, 2.75) is 6.18 Å². The van der Waals surface area contributed by atoms with E-state index in [4.69, 9.17) is 0 Å². The van der Waals surface area contributed by atoms with Crippen molar-refractivity contribution in [2.75, 3.05) is 17.7 Å². The molecule has 2 heterocycles. The molecule has 2 aromatic carbocycles. The van der Waals surface area contributed by atoms with Crippen LogP contribution in [0.2, 0.25) is 0 Å². The van der Waals surface area contributed by atoms with E-state index in [-0.39, 0.29) is 22.8 Å². The Labute approximate surface area is 178 Å². The Hall–Kier alpha value is -4.15. The number of carbonyl (C=O) groups excluding carboxylic acids is 1. The Morgan fingerprint density at radius 3 is 2.56 bits per heavy atom. The van der Waals surface area contributed by atoms with Gasteiger partial charge in [-0.3, -0.25) is 9.89 Å². The van der Waals surface area contributed by atoms with E-state index in [1.165, 1.54) is 19.2 Å². The summed E-state index contributed by atoms with van der Waals surface area (Å²) in [5.41, 5.74) is -0.136. The number of nitrogens with zero attached hydrogens (tertiary/aromatic N) is 2. The van der Waals surface area contributed by atoms with Crippen molar-refractivity contribution in [3.05, 3.63) is 71.8 Å². The number of aromatic amines is 1. The maximum absolute atomic E-state index is 13.6. The number of carbonyl (C=O) groups is 1. The van der Waals surface area contributed by atoms with Gasteiger partial charge in [-0.05, 0) is 36.4 Å². The van der Waals surface area contributed by atoms with E-state index in [1.54, 1.807) is 24.4 Å². The fraction of sp³-hybridized carbons (Fsp3) is 0.0952. The van der Waals surface area contributed by atoms with E-state index in [9.17, 15) is 22.4 Å². The van der Waals surface area contributed by atoms with Crippen molar-refractivity contribution in [3.8, 4) is 0 Å². The fourth-order valence-corrected chi connectivity index (χ4v) is 3.11. The lowest BCUT2D eigenvalue weighted by Gasteiger charge is -2.17. The van der Waals surface area contributed by atoms with Crippen LogP contribution >= 0.6 is 0 Å². The van der Waals surface area contributed by atoms with Gasteiger partial charge in [0.05, 0.1) is 34.2 Å². The molecule has 11 heteroatoms. The van der Waals surface area contributed by atoms with Gasteiger partial charge in [-0.2, -0.15) is 18.3 Å². The number of anilines is 4. The first-order chi connectivity index (χ1) is 15.2. The van der Waals surface area contributed by atoms with Crippen molar-refractivity contribution in [3.63, 3.8) is 0 Å². The third-order valence-electron chi connectivity index (χ3n) is 4.64. The van der Waals surface area contributed by atoms with Crippen LogP contribution in [-0.4, -0.2) is 28.1 Å². The zero-order valence-electron chi connectivity index (χ0n) is 16.5. The van der Waals surface area contributed by atoms with Crippen LogP contribution in [0.5, 0.6) is 0 Å². The zero-order chi connectivity index (χ0) is 22.9. The molecule has 4 aromatic rings. The SMILES string of the molecule is CNC(=O)c1cc(F)ccc1Nc1cc(Nc2ccc3[nH]ncc3c2)ncc1C(F)(F)F. The van der Waals surface area contributed by atoms with Gasteiger partial charge in [0.1, 0.15) is 11.6 Å². The van der Waals surface area contributed by atoms with E-state index in [0.29, 0.717) is 11.9 Å². The summed E-state index contributed by atoms with van der Waals surface area (Å²) < 4.78 is 54.4. The van der Waals surface area contributed by atoms with Crippen LogP contribution in [0.15, 0.2) is 54.9 Å². The number of nitrogens with one attached hydrogen (secondary N) is 4. The minimum absolute atomic E-state index is 0.00761. The first kappa shape index (κ1) is 21.1. The molecule has 0 aliphatic rings. The van der Waals surface area contributed by atoms with E-state index >= 15 is 0 Å². The molecule has 0 bridgehead atoms. The summed E-state index contributed by atoms with van der Waals surface area (Å²) >= 11 is 0.